The Balaban J connectivity index is 1.49. The topological polar surface area (TPSA) is 73.8 Å². The smallest absolute Gasteiger partial charge is 0.242 e. The van der Waals surface area contributed by atoms with Crippen molar-refractivity contribution in [2.24, 2.45) is 5.92 Å². The molecule has 6 nitrogen and oxygen atoms in total. The minimum atomic E-state index is -0.394. The number of hydrogen-bond acceptors (Lipinski definition) is 5. The number of nitrogens with zero attached hydrogens (tertiary/aromatic N) is 1. The van der Waals surface area contributed by atoms with Crippen LogP contribution in [-0.4, -0.2) is 35.6 Å². The molecule has 2 heterocycles. The van der Waals surface area contributed by atoms with E-state index in [1.165, 1.54) is 0 Å². The molecule has 5 rings (SSSR count). The third kappa shape index (κ3) is 4.06. The number of ether oxygens (including phenoxy) is 1. The highest BCUT2D eigenvalue weighted by molar-refractivity contribution is 6.30. The molecule has 1 amide bonds. The van der Waals surface area contributed by atoms with E-state index in [1.54, 1.807) is 19.2 Å². The van der Waals surface area contributed by atoms with E-state index in [4.69, 9.17) is 16.3 Å². The molecule has 3 N–H and O–H groups in total. The van der Waals surface area contributed by atoms with Gasteiger partial charge in [-0.2, -0.15) is 0 Å². The summed E-state index contributed by atoms with van der Waals surface area (Å²) in [5.41, 5.74) is 9.36. The van der Waals surface area contributed by atoms with Crippen LogP contribution in [0, 0.1) is 5.92 Å². The molecule has 0 radical (unpaired) electrons. The fourth-order valence-electron chi connectivity index (χ4n) is 5.10. The number of benzene rings is 3. The molecule has 0 bridgehead atoms. The zero-order valence-corrected chi connectivity index (χ0v) is 19.0. The molecule has 4 unspecified atom stereocenters. The molecule has 0 spiro atoms. The van der Waals surface area contributed by atoms with E-state index >= 15 is 0 Å². The molecule has 2 fully saturated rings. The first-order valence-corrected chi connectivity index (χ1v) is 11.4. The first-order chi connectivity index (χ1) is 16.1. The van der Waals surface area contributed by atoms with Gasteiger partial charge < -0.3 is 14.7 Å². The lowest BCUT2D eigenvalue weighted by atomic mass is 9.83. The Kier molecular flexibility index (Phi) is 5.98. The zero-order valence-electron chi connectivity index (χ0n) is 18.2. The first-order valence-electron chi connectivity index (χ1n) is 11.0. The summed E-state index contributed by atoms with van der Waals surface area (Å²) in [6.07, 6.45) is 0.723. The van der Waals surface area contributed by atoms with Gasteiger partial charge >= 0.3 is 0 Å². The average molecular weight is 464 g/mol. The summed E-state index contributed by atoms with van der Waals surface area (Å²) in [5.74, 6) is 0.957. The summed E-state index contributed by atoms with van der Waals surface area (Å²) in [7, 11) is 1.65. The highest BCUT2D eigenvalue weighted by Gasteiger charge is 2.55. The maximum atomic E-state index is 13.5. The van der Waals surface area contributed by atoms with Crippen molar-refractivity contribution in [3.05, 3.63) is 94.5 Å². The SMILES string of the molecule is COc1ccc(CCN2C(=O)C3NNC(c4ccccc4O)C3C2c2cccc(Cl)c2)cc1. The lowest BCUT2D eigenvalue weighted by Crippen LogP contribution is -2.42. The lowest BCUT2D eigenvalue weighted by Gasteiger charge is -2.31. The Bertz CT molecular complexity index is 1150. The molecular formula is C26H26ClN3O3. The molecule has 0 aromatic heterocycles. The molecule has 2 aliphatic rings. The predicted octanol–water partition coefficient (Wildman–Crippen LogP) is 4.01. The van der Waals surface area contributed by atoms with Gasteiger partial charge in [0, 0.05) is 23.0 Å². The van der Waals surface area contributed by atoms with Crippen molar-refractivity contribution in [1.29, 1.82) is 0 Å². The van der Waals surface area contributed by atoms with Crippen LogP contribution in [0.2, 0.25) is 5.02 Å². The Labute approximate surface area is 198 Å². The number of phenolic OH excluding ortho intramolecular Hbond substituents is 1. The van der Waals surface area contributed by atoms with Crippen molar-refractivity contribution >= 4 is 17.5 Å². The number of nitrogens with one attached hydrogen (secondary N) is 2. The van der Waals surface area contributed by atoms with Crippen LogP contribution in [0.4, 0.5) is 0 Å². The van der Waals surface area contributed by atoms with E-state index in [0.717, 1.165) is 28.9 Å². The number of likely N-dealkylation sites (tertiary alicyclic amines) is 1. The number of aromatic hydroxyl groups is 1. The lowest BCUT2D eigenvalue weighted by molar-refractivity contribution is -0.130. The van der Waals surface area contributed by atoms with Crippen molar-refractivity contribution in [2.45, 2.75) is 24.5 Å². The quantitative estimate of drug-likeness (QED) is 0.515. The van der Waals surface area contributed by atoms with Crippen LogP contribution in [0.1, 0.15) is 28.8 Å². The van der Waals surface area contributed by atoms with Crippen molar-refractivity contribution < 1.29 is 14.6 Å². The van der Waals surface area contributed by atoms with Crippen LogP contribution in [0.15, 0.2) is 72.8 Å². The third-order valence-corrected chi connectivity index (χ3v) is 6.91. The van der Waals surface area contributed by atoms with Crippen LogP contribution >= 0.6 is 11.6 Å². The number of methoxy groups -OCH3 is 1. The highest BCUT2D eigenvalue weighted by Crippen LogP contribution is 2.48. The Morgan fingerprint density at radius 3 is 2.48 bits per heavy atom. The summed E-state index contributed by atoms with van der Waals surface area (Å²) in [6, 6.07) is 22.1. The fourth-order valence-corrected chi connectivity index (χ4v) is 5.30. The molecule has 0 aliphatic carbocycles. The number of para-hydroxylation sites is 1. The molecule has 7 heteroatoms. The second-order valence-corrected chi connectivity index (χ2v) is 8.95. The average Bonchev–Trinajstić information content (AvgIpc) is 3.37. The molecule has 2 saturated heterocycles. The summed E-state index contributed by atoms with van der Waals surface area (Å²) in [6.45, 7) is 0.574. The van der Waals surface area contributed by atoms with E-state index < -0.39 is 6.04 Å². The Hall–Kier alpha value is -3.06. The van der Waals surface area contributed by atoms with E-state index in [-0.39, 0.29) is 29.7 Å². The Morgan fingerprint density at radius 1 is 1.00 bits per heavy atom. The number of fused-ring (bicyclic) bond motifs is 1. The van der Waals surface area contributed by atoms with Crippen molar-refractivity contribution in [2.75, 3.05) is 13.7 Å². The number of carbonyl (C=O) groups is 1. The number of hydrogen-bond donors (Lipinski definition) is 3. The second-order valence-electron chi connectivity index (χ2n) is 8.51. The molecule has 4 atom stereocenters. The van der Waals surface area contributed by atoms with Gasteiger partial charge in [-0.25, -0.2) is 10.9 Å². The second kappa shape index (κ2) is 9.06. The van der Waals surface area contributed by atoms with Crippen LogP contribution in [0.25, 0.3) is 0 Å². The van der Waals surface area contributed by atoms with Gasteiger partial charge in [-0.1, -0.05) is 54.1 Å². The van der Waals surface area contributed by atoms with Crippen LogP contribution in [-0.2, 0) is 11.2 Å². The van der Waals surface area contributed by atoms with Crippen molar-refractivity contribution in [3.63, 3.8) is 0 Å². The number of phenols is 1. The monoisotopic (exact) mass is 463 g/mol. The van der Waals surface area contributed by atoms with Gasteiger partial charge in [-0.3, -0.25) is 4.79 Å². The minimum absolute atomic E-state index is 0.0453. The van der Waals surface area contributed by atoms with E-state index in [0.29, 0.717) is 11.6 Å². The maximum Gasteiger partial charge on any atom is 0.242 e. The zero-order chi connectivity index (χ0) is 22.9. The molecule has 3 aromatic carbocycles. The van der Waals surface area contributed by atoms with Crippen molar-refractivity contribution in [1.82, 2.24) is 15.8 Å². The maximum absolute atomic E-state index is 13.5. The van der Waals surface area contributed by atoms with Gasteiger partial charge in [-0.15, -0.1) is 0 Å². The molecule has 3 aromatic rings. The van der Waals surface area contributed by atoms with Gasteiger partial charge in [0.25, 0.3) is 0 Å². The van der Waals surface area contributed by atoms with Gasteiger partial charge in [0.2, 0.25) is 5.91 Å². The summed E-state index contributed by atoms with van der Waals surface area (Å²) < 4.78 is 5.25. The number of carbonyl (C=O) groups excluding carboxylic acids is 1. The van der Waals surface area contributed by atoms with Gasteiger partial charge in [0.05, 0.1) is 19.2 Å². The number of halogens is 1. The van der Waals surface area contributed by atoms with Gasteiger partial charge in [-0.05, 0) is 47.9 Å². The Morgan fingerprint density at radius 2 is 1.76 bits per heavy atom. The standard InChI is InChI=1S/C26H26ClN3O3/c1-33-19-11-9-16(10-12-19)13-14-30-25(17-5-4-6-18(27)15-17)22-23(28-29-24(22)26(30)32)20-7-2-3-8-21(20)31/h2-12,15,22-25,28-29,31H,13-14H2,1H3. The summed E-state index contributed by atoms with van der Waals surface area (Å²) in [4.78, 5) is 15.5. The van der Waals surface area contributed by atoms with E-state index in [2.05, 4.69) is 10.9 Å². The number of amides is 1. The van der Waals surface area contributed by atoms with E-state index in [1.807, 2.05) is 65.6 Å². The predicted molar refractivity (Wildman–Crippen MR) is 127 cm³/mol. The molecule has 170 valence electrons. The van der Waals surface area contributed by atoms with Crippen LogP contribution in [0.3, 0.4) is 0 Å². The summed E-state index contributed by atoms with van der Waals surface area (Å²) >= 11 is 6.34. The molecule has 2 aliphatic heterocycles. The molecule has 0 saturated carbocycles. The van der Waals surface area contributed by atoms with Crippen LogP contribution < -0.4 is 15.6 Å². The van der Waals surface area contributed by atoms with Crippen LogP contribution in [0.5, 0.6) is 11.5 Å². The first kappa shape index (κ1) is 21.8. The number of hydrazine groups is 1. The highest BCUT2D eigenvalue weighted by atomic mass is 35.5. The normalized spacial score (nSPS) is 24.2. The fraction of sp³-hybridized carbons (Fsp3) is 0.269. The summed E-state index contributed by atoms with van der Waals surface area (Å²) in [5, 5.41) is 11.2. The van der Waals surface area contributed by atoms with Gasteiger partial charge in [0.1, 0.15) is 17.5 Å². The number of rotatable bonds is 6. The largest absolute Gasteiger partial charge is 0.508 e. The van der Waals surface area contributed by atoms with Crippen molar-refractivity contribution in [3.8, 4) is 11.5 Å². The minimum Gasteiger partial charge on any atom is -0.508 e. The molecule has 33 heavy (non-hydrogen) atoms. The van der Waals surface area contributed by atoms with E-state index in [9.17, 15) is 9.90 Å². The molecular weight excluding hydrogens is 438 g/mol. The van der Waals surface area contributed by atoms with Gasteiger partial charge in [0.15, 0.2) is 0 Å². The third-order valence-electron chi connectivity index (χ3n) is 6.68.